The number of fused-ring (bicyclic) bond motifs is 6. The summed E-state index contributed by atoms with van der Waals surface area (Å²) in [4.78, 5) is 0. The largest absolute Gasteiger partial charge is 0.145 e. The smallest absolute Gasteiger partial charge is 0.0520 e. The van der Waals surface area contributed by atoms with E-state index in [2.05, 4.69) is 142 Å². The van der Waals surface area contributed by atoms with Gasteiger partial charge >= 0.3 is 26.8 Å². The number of aryl methyl sites for hydroxylation is 1. The van der Waals surface area contributed by atoms with Crippen LogP contribution in [0.1, 0.15) is 5.56 Å². The van der Waals surface area contributed by atoms with Crippen LogP contribution in [0.4, 0.5) is 0 Å². The third-order valence-corrected chi connectivity index (χ3v) is 6.48. The van der Waals surface area contributed by atoms with E-state index in [0.29, 0.717) is 0 Å². The maximum absolute atomic E-state index is 2.97. The molecule has 0 atom stereocenters. The molecule has 0 aliphatic carbocycles. The average molecular weight is 600 g/mol. The Morgan fingerprint density at radius 3 is 1.51 bits per heavy atom. The topological polar surface area (TPSA) is 0 Å². The number of rotatable bonds is 1. The summed E-state index contributed by atoms with van der Waals surface area (Å²) in [5.41, 5.74) is 3.92. The number of benzene rings is 5. The molecule has 39 heavy (non-hydrogen) atoms. The molecule has 0 nitrogen and oxygen atoms in total. The molecule has 0 unspecified atom stereocenters. The van der Waals surface area contributed by atoms with Crippen LogP contribution in [0.25, 0.3) is 54.2 Å². The van der Waals surface area contributed by atoms with Crippen LogP contribution in [-0.4, -0.2) is 7.63 Å². The van der Waals surface area contributed by atoms with Crippen LogP contribution in [0.15, 0.2) is 127 Å². The van der Waals surface area contributed by atoms with Crippen LogP contribution >= 0.6 is 24.8 Å². The van der Waals surface area contributed by atoms with Gasteiger partial charge in [0.15, 0.2) is 0 Å². The van der Waals surface area contributed by atoms with Crippen molar-refractivity contribution in [1.82, 2.24) is 0 Å². The third kappa shape index (κ3) is 7.31. The molecule has 0 aliphatic heterocycles. The molecule has 0 bridgehead atoms. The second-order valence-electron chi connectivity index (χ2n) is 8.72. The van der Waals surface area contributed by atoms with Crippen molar-refractivity contribution >= 4 is 75.5 Å². The number of hydrogen-bond donors (Lipinski definition) is 0. The summed E-state index contributed by atoms with van der Waals surface area (Å²) >= 11 is 1.81. The van der Waals surface area contributed by atoms with E-state index in [1.807, 2.05) is 0 Å². The third-order valence-electron chi connectivity index (χ3n) is 6.48. The fraction of sp³-hybridized carbons (Fsp3) is 0.0286. The first-order valence-electron chi connectivity index (χ1n) is 11.7. The van der Waals surface area contributed by atoms with Crippen molar-refractivity contribution in [2.45, 2.75) is 6.92 Å². The van der Waals surface area contributed by atoms with Crippen molar-refractivity contribution < 1.29 is 19.2 Å². The normalized spacial score (nSPS) is 9.54. The van der Waals surface area contributed by atoms with E-state index in [4.69, 9.17) is 0 Å². The van der Waals surface area contributed by atoms with Crippen molar-refractivity contribution in [2.24, 2.45) is 0 Å². The zero-order valence-corrected chi connectivity index (χ0v) is 26.6. The molecule has 198 valence electrons. The molecule has 0 saturated heterocycles. The van der Waals surface area contributed by atoms with E-state index >= 15 is 0 Å². The second-order valence-corrected chi connectivity index (χ2v) is 8.72. The molecule has 7 aromatic carbocycles. The fourth-order valence-corrected chi connectivity index (χ4v) is 4.88. The van der Waals surface area contributed by atoms with Crippen LogP contribution in [0.5, 0.6) is 0 Å². The Kier molecular flexibility index (Phi) is 13.9. The van der Waals surface area contributed by atoms with Crippen LogP contribution < -0.4 is 0 Å². The number of hydrogen-bond acceptors (Lipinski definition) is 0. The van der Waals surface area contributed by atoms with Crippen LogP contribution in [0.3, 0.4) is 0 Å². The molecule has 0 fully saturated rings. The molecule has 2 radical (unpaired) electrons. The molecular weight excluding hydrogens is 567 g/mol. The van der Waals surface area contributed by atoms with Crippen molar-refractivity contribution in [2.75, 3.05) is 0 Å². The summed E-state index contributed by atoms with van der Waals surface area (Å²) in [6, 6.07) is 45.6. The van der Waals surface area contributed by atoms with Gasteiger partial charge in [-0.1, -0.05) is 131 Å². The maximum Gasteiger partial charge on any atom is -0.0520 e. The van der Waals surface area contributed by atoms with Gasteiger partial charge in [-0.25, -0.2) is 0 Å². The van der Waals surface area contributed by atoms with Gasteiger partial charge in [-0.15, -0.1) is 81.8 Å². The standard InChI is InChI=1S/C19H13.C14H11.2CH3.2ClH.Si.Ti/c1-2-6-14(7-3-1)17-12-16-11-10-15-8-4-5-9-18(15)19(16)13-17;1-10-8-12-7-6-11-4-2-3-5-13(11)14(12)9-10;;;;;;/h1-13H;2-9H,1H3;2*1H3;2*1H;;/q4*-1;;;;. The van der Waals surface area contributed by atoms with Gasteiger partial charge in [-0.05, 0) is 0 Å². The van der Waals surface area contributed by atoms with Crippen LogP contribution in [-0.2, 0) is 19.2 Å². The minimum absolute atomic E-state index is 0. The van der Waals surface area contributed by atoms with Gasteiger partial charge in [-0.3, -0.25) is 0 Å². The molecule has 0 N–H and O–H groups in total. The zero-order chi connectivity index (χ0) is 24.2. The van der Waals surface area contributed by atoms with E-state index in [1.54, 1.807) is 19.2 Å². The monoisotopic (exact) mass is 598 g/mol. The Hall–Kier alpha value is -2.65. The summed E-state index contributed by atoms with van der Waals surface area (Å²) in [6.45, 7) is 2.15. The van der Waals surface area contributed by atoms with Gasteiger partial charge in [0.1, 0.15) is 0 Å². The minimum atomic E-state index is 0. The zero-order valence-electron chi connectivity index (χ0n) is 22.4. The molecule has 0 heterocycles. The summed E-state index contributed by atoms with van der Waals surface area (Å²) in [5.74, 6) is 0. The quantitative estimate of drug-likeness (QED) is 0.130. The Morgan fingerprint density at radius 1 is 0.513 bits per heavy atom. The van der Waals surface area contributed by atoms with Crippen molar-refractivity contribution in [3.63, 3.8) is 0 Å². The molecular formula is C35H32Cl2SiTi-4. The van der Waals surface area contributed by atoms with E-state index in [1.165, 1.54) is 59.8 Å². The predicted octanol–water partition coefficient (Wildman–Crippen LogP) is 10.8. The summed E-state index contributed by atoms with van der Waals surface area (Å²) < 4.78 is 0. The van der Waals surface area contributed by atoms with Gasteiger partial charge in [0.25, 0.3) is 0 Å². The molecule has 4 heteroatoms. The van der Waals surface area contributed by atoms with Gasteiger partial charge in [0.2, 0.25) is 0 Å². The van der Waals surface area contributed by atoms with Gasteiger partial charge < -0.3 is 14.9 Å². The first-order chi connectivity index (χ1) is 17.3. The average Bonchev–Trinajstić information content (AvgIpc) is 3.54. The van der Waals surface area contributed by atoms with E-state index in [-0.39, 0.29) is 39.7 Å². The van der Waals surface area contributed by atoms with E-state index < -0.39 is 0 Å². The summed E-state index contributed by atoms with van der Waals surface area (Å²) in [7, 11) is 2.97. The maximum atomic E-state index is 2.97. The molecule has 0 spiro atoms. The first kappa shape index (κ1) is 34.4. The molecule has 0 aromatic heterocycles. The van der Waals surface area contributed by atoms with Crippen molar-refractivity contribution in [3.8, 4) is 11.1 Å². The SMILES string of the molecule is Cc1cc2ccc3ccccc3c2[cH-]1.Cl.Cl.[CH3-].[CH3-].[Si]=[Ti].c1ccc(-c2cc3ccc4ccccc4c3[cH-]2)cc1. The minimum Gasteiger partial charge on any atom is -0.145 e. The van der Waals surface area contributed by atoms with Crippen LogP contribution in [0, 0.1) is 21.8 Å². The van der Waals surface area contributed by atoms with Crippen molar-refractivity contribution in [3.05, 3.63) is 148 Å². The van der Waals surface area contributed by atoms with Crippen molar-refractivity contribution in [1.29, 1.82) is 0 Å². The second kappa shape index (κ2) is 15.8. The summed E-state index contributed by atoms with van der Waals surface area (Å²) in [5, 5.41) is 10.7. The van der Waals surface area contributed by atoms with E-state index in [9.17, 15) is 0 Å². The molecule has 0 amide bonds. The Labute approximate surface area is 259 Å². The molecule has 7 aromatic rings. The van der Waals surface area contributed by atoms with Crippen LogP contribution in [0.2, 0.25) is 0 Å². The molecule has 0 aliphatic rings. The Morgan fingerprint density at radius 2 is 0.949 bits per heavy atom. The fourth-order valence-electron chi connectivity index (χ4n) is 4.88. The van der Waals surface area contributed by atoms with Gasteiger partial charge in [0.05, 0.1) is 0 Å². The Bertz CT molecular complexity index is 1750. The first-order valence-corrected chi connectivity index (χ1v) is 14.5. The predicted molar refractivity (Wildman–Crippen MR) is 177 cm³/mol. The molecule has 0 saturated carbocycles. The Balaban J connectivity index is 0.000000345. The van der Waals surface area contributed by atoms with E-state index in [0.717, 1.165) is 0 Å². The summed E-state index contributed by atoms with van der Waals surface area (Å²) in [6.07, 6.45) is 0. The number of halogens is 2. The van der Waals surface area contributed by atoms with Gasteiger partial charge in [-0.2, -0.15) is 6.07 Å². The van der Waals surface area contributed by atoms with Gasteiger partial charge in [0, 0.05) is 0 Å². The molecule has 7 rings (SSSR count).